The van der Waals surface area contributed by atoms with Crippen molar-refractivity contribution in [3.05, 3.63) is 94.2 Å². The summed E-state index contributed by atoms with van der Waals surface area (Å²) in [6.07, 6.45) is 1.82. The molecule has 1 aromatic heterocycles. The number of amides is 1. The summed E-state index contributed by atoms with van der Waals surface area (Å²) in [7, 11) is 0. The van der Waals surface area contributed by atoms with Crippen molar-refractivity contribution in [2.45, 2.75) is 25.8 Å². The van der Waals surface area contributed by atoms with Crippen LogP contribution in [0.3, 0.4) is 0 Å². The zero-order valence-electron chi connectivity index (χ0n) is 18.1. The third-order valence-corrected chi connectivity index (χ3v) is 5.96. The van der Waals surface area contributed by atoms with E-state index in [4.69, 9.17) is 32.9 Å². The number of aryl methyl sites for hydroxylation is 1. The van der Waals surface area contributed by atoms with E-state index in [0.717, 1.165) is 41.0 Å². The number of halogens is 2. The minimum Gasteiger partial charge on any atom is -0.492 e. The maximum atomic E-state index is 12.3. The molecular formula is C26H25Cl2N3O2. The maximum Gasteiger partial charge on any atom is 0.224 e. The molecule has 0 saturated carbocycles. The van der Waals surface area contributed by atoms with Crippen molar-refractivity contribution < 1.29 is 9.53 Å². The predicted octanol–water partition coefficient (Wildman–Crippen LogP) is 5.71. The molecule has 4 aromatic rings. The second-order valence-electron chi connectivity index (χ2n) is 7.69. The molecule has 5 nitrogen and oxygen atoms in total. The number of benzene rings is 3. The highest BCUT2D eigenvalue weighted by Gasteiger charge is 2.11. The molecule has 0 radical (unpaired) electrons. The molecule has 0 aliphatic rings. The van der Waals surface area contributed by atoms with E-state index in [2.05, 4.69) is 16.0 Å². The Morgan fingerprint density at radius 2 is 1.73 bits per heavy atom. The lowest BCUT2D eigenvalue weighted by Gasteiger charge is -2.11. The number of hydrogen-bond donors (Lipinski definition) is 1. The van der Waals surface area contributed by atoms with Crippen LogP contribution in [0.15, 0.2) is 72.8 Å². The van der Waals surface area contributed by atoms with E-state index in [1.807, 2.05) is 60.7 Å². The highest BCUT2D eigenvalue weighted by atomic mass is 35.5. The molecule has 0 spiro atoms. The number of carbonyl (C=O) groups excluding carboxylic acids is 1. The number of rotatable bonds is 10. The summed E-state index contributed by atoms with van der Waals surface area (Å²) in [6, 6.07) is 22.8. The van der Waals surface area contributed by atoms with Crippen molar-refractivity contribution in [1.29, 1.82) is 0 Å². The van der Waals surface area contributed by atoms with Crippen LogP contribution in [0.5, 0.6) is 5.75 Å². The van der Waals surface area contributed by atoms with Crippen molar-refractivity contribution in [2.75, 3.05) is 13.2 Å². The van der Waals surface area contributed by atoms with Crippen molar-refractivity contribution in [1.82, 2.24) is 14.9 Å². The molecule has 4 rings (SSSR count). The molecule has 170 valence electrons. The Hall–Kier alpha value is -3.02. The number of imidazole rings is 1. The van der Waals surface area contributed by atoms with Crippen LogP contribution in [-0.2, 0) is 24.2 Å². The van der Waals surface area contributed by atoms with Crippen LogP contribution in [0.1, 0.15) is 17.8 Å². The Morgan fingerprint density at radius 1 is 0.970 bits per heavy atom. The van der Waals surface area contributed by atoms with Gasteiger partial charge in [-0.1, -0.05) is 53.5 Å². The lowest BCUT2D eigenvalue weighted by Crippen LogP contribution is -2.26. The number of carbonyl (C=O) groups is 1. The highest BCUT2D eigenvalue weighted by molar-refractivity contribution is 6.31. The smallest absolute Gasteiger partial charge is 0.224 e. The number of aromatic nitrogens is 2. The molecule has 1 amide bonds. The molecule has 0 bridgehead atoms. The minimum absolute atomic E-state index is 0.0343. The van der Waals surface area contributed by atoms with Crippen LogP contribution in [-0.4, -0.2) is 28.6 Å². The van der Waals surface area contributed by atoms with Crippen LogP contribution in [0.25, 0.3) is 11.0 Å². The summed E-state index contributed by atoms with van der Waals surface area (Å²) in [5.41, 5.74) is 2.87. The van der Waals surface area contributed by atoms with Crippen LogP contribution in [0.2, 0.25) is 10.0 Å². The first-order chi connectivity index (χ1) is 16.1. The first-order valence-electron chi connectivity index (χ1n) is 10.9. The number of nitrogens with zero attached hydrogens (tertiary/aromatic N) is 2. The van der Waals surface area contributed by atoms with Gasteiger partial charge >= 0.3 is 0 Å². The van der Waals surface area contributed by atoms with Gasteiger partial charge in [0.1, 0.15) is 18.2 Å². The molecule has 0 unspecified atom stereocenters. The van der Waals surface area contributed by atoms with Crippen molar-refractivity contribution in [3.8, 4) is 5.75 Å². The quantitative estimate of drug-likeness (QED) is 0.295. The SMILES string of the molecule is O=C(Cc1ccccc1Cl)NCCCc1nc2ccccc2n1CCOc1ccc(Cl)cc1. The van der Waals surface area contributed by atoms with Gasteiger partial charge in [0.25, 0.3) is 0 Å². The summed E-state index contributed by atoms with van der Waals surface area (Å²) >= 11 is 12.1. The summed E-state index contributed by atoms with van der Waals surface area (Å²) < 4.78 is 8.08. The lowest BCUT2D eigenvalue weighted by atomic mass is 10.1. The van der Waals surface area contributed by atoms with Gasteiger partial charge in [0.2, 0.25) is 5.91 Å². The molecule has 0 atom stereocenters. The van der Waals surface area contributed by atoms with Crippen LogP contribution >= 0.6 is 23.2 Å². The fraction of sp³-hybridized carbons (Fsp3) is 0.231. The van der Waals surface area contributed by atoms with Gasteiger partial charge in [-0.25, -0.2) is 4.98 Å². The summed E-state index contributed by atoms with van der Waals surface area (Å²) in [6.45, 7) is 1.77. The van der Waals surface area contributed by atoms with Gasteiger partial charge in [-0.3, -0.25) is 4.79 Å². The van der Waals surface area contributed by atoms with Crippen LogP contribution < -0.4 is 10.1 Å². The molecule has 1 heterocycles. The molecule has 1 N–H and O–H groups in total. The number of hydrogen-bond acceptors (Lipinski definition) is 3. The standard InChI is InChI=1S/C26H25Cl2N3O2/c27-20-11-13-21(14-12-20)33-17-16-31-24-9-4-3-8-23(24)30-25(31)10-5-15-29-26(32)18-19-6-1-2-7-22(19)28/h1-4,6-9,11-14H,5,10,15-18H2,(H,29,32). The predicted molar refractivity (Wildman–Crippen MR) is 133 cm³/mol. The monoisotopic (exact) mass is 481 g/mol. The average molecular weight is 482 g/mol. The summed E-state index contributed by atoms with van der Waals surface area (Å²) in [5.74, 6) is 1.73. The first kappa shape index (κ1) is 23.1. The van der Waals surface area contributed by atoms with Crippen molar-refractivity contribution >= 4 is 40.1 Å². The molecule has 0 fully saturated rings. The maximum absolute atomic E-state index is 12.3. The Labute approximate surface area is 203 Å². The fourth-order valence-corrected chi connectivity index (χ4v) is 4.03. The molecule has 0 saturated heterocycles. The van der Waals surface area contributed by atoms with Crippen LogP contribution in [0, 0.1) is 0 Å². The fourth-order valence-electron chi connectivity index (χ4n) is 3.70. The largest absolute Gasteiger partial charge is 0.492 e. The Balaban J connectivity index is 1.32. The molecule has 33 heavy (non-hydrogen) atoms. The normalized spacial score (nSPS) is 11.0. The number of nitrogens with one attached hydrogen (secondary N) is 1. The van der Waals surface area contributed by atoms with Gasteiger partial charge in [0.05, 0.1) is 24.0 Å². The van der Waals surface area contributed by atoms with E-state index in [1.165, 1.54) is 0 Å². The van der Waals surface area contributed by atoms with E-state index in [0.29, 0.717) is 29.7 Å². The van der Waals surface area contributed by atoms with Gasteiger partial charge in [0.15, 0.2) is 0 Å². The third kappa shape index (κ3) is 6.28. The van der Waals surface area contributed by atoms with Crippen molar-refractivity contribution in [3.63, 3.8) is 0 Å². The molecule has 0 aliphatic carbocycles. The zero-order chi connectivity index (χ0) is 23.0. The van der Waals surface area contributed by atoms with E-state index < -0.39 is 0 Å². The van der Waals surface area contributed by atoms with E-state index in [9.17, 15) is 4.79 Å². The van der Waals surface area contributed by atoms with E-state index in [-0.39, 0.29) is 12.3 Å². The Morgan fingerprint density at radius 3 is 2.55 bits per heavy atom. The van der Waals surface area contributed by atoms with E-state index in [1.54, 1.807) is 6.07 Å². The van der Waals surface area contributed by atoms with Crippen LogP contribution in [0.4, 0.5) is 0 Å². The van der Waals surface area contributed by atoms with Gasteiger partial charge in [0, 0.05) is 23.0 Å². The van der Waals surface area contributed by atoms with Gasteiger partial charge in [-0.05, 0) is 54.4 Å². The third-order valence-electron chi connectivity index (χ3n) is 5.34. The highest BCUT2D eigenvalue weighted by Crippen LogP contribution is 2.19. The lowest BCUT2D eigenvalue weighted by molar-refractivity contribution is -0.120. The topological polar surface area (TPSA) is 56.2 Å². The molecule has 7 heteroatoms. The van der Waals surface area contributed by atoms with E-state index >= 15 is 0 Å². The molecule has 3 aromatic carbocycles. The van der Waals surface area contributed by atoms with Gasteiger partial charge in [-0.15, -0.1) is 0 Å². The number of para-hydroxylation sites is 2. The van der Waals surface area contributed by atoms with Gasteiger partial charge in [-0.2, -0.15) is 0 Å². The minimum atomic E-state index is -0.0343. The Bertz CT molecular complexity index is 1220. The Kier molecular flexibility index (Phi) is 7.87. The van der Waals surface area contributed by atoms with Gasteiger partial charge < -0.3 is 14.6 Å². The number of ether oxygens (including phenoxy) is 1. The second-order valence-corrected chi connectivity index (χ2v) is 8.54. The summed E-state index contributed by atoms with van der Waals surface area (Å²) in [4.78, 5) is 17.1. The molecular weight excluding hydrogens is 457 g/mol. The number of fused-ring (bicyclic) bond motifs is 1. The average Bonchev–Trinajstić information content (AvgIpc) is 3.17. The molecule has 0 aliphatic heterocycles. The van der Waals surface area contributed by atoms with Crippen molar-refractivity contribution in [2.24, 2.45) is 0 Å². The second kappa shape index (κ2) is 11.2. The zero-order valence-corrected chi connectivity index (χ0v) is 19.6. The first-order valence-corrected chi connectivity index (χ1v) is 11.7. The summed E-state index contributed by atoms with van der Waals surface area (Å²) in [5, 5.41) is 4.28.